The van der Waals surface area contributed by atoms with Gasteiger partial charge in [-0.15, -0.1) is 11.3 Å². The zero-order valence-corrected chi connectivity index (χ0v) is 10.1. The molecule has 0 N–H and O–H groups in total. The molecule has 0 saturated carbocycles. The van der Waals surface area contributed by atoms with Crippen LogP contribution in [0.3, 0.4) is 0 Å². The summed E-state index contributed by atoms with van der Waals surface area (Å²) in [4.78, 5) is 25.8. The molecule has 3 rings (SSSR count). The number of ether oxygens (including phenoxy) is 1. The Kier molecular flexibility index (Phi) is 2.60. The fourth-order valence-corrected chi connectivity index (χ4v) is 2.59. The van der Waals surface area contributed by atoms with E-state index >= 15 is 0 Å². The van der Waals surface area contributed by atoms with Crippen molar-refractivity contribution in [2.75, 3.05) is 4.90 Å². The summed E-state index contributed by atoms with van der Waals surface area (Å²) in [5.74, 6) is -0.339. The molecule has 5 heteroatoms. The molecule has 90 valence electrons. The van der Waals surface area contributed by atoms with Crippen LogP contribution in [-0.4, -0.2) is 12.0 Å². The van der Waals surface area contributed by atoms with Gasteiger partial charge in [0.05, 0.1) is 10.6 Å². The zero-order valence-electron chi connectivity index (χ0n) is 9.28. The van der Waals surface area contributed by atoms with Crippen LogP contribution in [0.15, 0.2) is 47.8 Å². The van der Waals surface area contributed by atoms with E-state index in [1.54, 1.807) is 30.3 Å². The van der Waals surface area contributed by atoms with Crippen LogP contribution in [0.2, 0.25) is 0 Å². The first-order valence-electron chi connectivity index (χ1n) is 5.40. The van der Waals surface area contributed by atoms with Crippen LogP contribution in [0, 0.1) is 0 Å². The minimum absolute atomic E-state index is 0.339. The molecule has 1 aliphatic rings. The van der Waals surface area contributed by atoms with Crippen LogP contribution in [0.25, 0.3) is 0 Å². The highest BCUT2D eigenvalue weighted by Crippen LogP contribution is 2.33. The van der Waals surface area contributed by atoms with Gasteiger partial charge in [0.2, 0.25) is 6.10 Å². The van der Waals surface area contributed by atoms with Crippen molar-refractivity contribution in [2.45, 2.75) is 6.10 Å². The first-order valence-corrected chi connectivity index (χ1v) is 6.28. The standard InChI is InChI=1S/C13H9NO3S/c15-12-11(10-7-4-8-18-10)17-13(16)14(12)9-5-2-1-3-6-9/h1-8,11H. The molecule has 4 nitrogen and oxygen atoms in total. The van der Waals surface area contributed by atoms with E-state index in [0.29, 0.717) is 5.69 Å². The highest BCUT2D eigenvalue weighted by molar-refractivity contribution is 7.10. The Morgan fingerprint density at radius 3 is 2.50 bits per heavy atom. The summed E-state index contributed by atoms with van der Waals surface area (Å²) in [7, 11) is 0. The number of thiophene rings is 1. The molecule has 1 aromatic carbocycles. The van der Waals surface area contributed by atoms with Crippen molar-refractivity contribution >= 4 is 29.0 Å². The number of hydrogen-bond acceptors (Lipinski definition) is 4. The highest BCUT2D eigenvalue weighted by Gasteiger charge is 2.42. The van der Waals surface area contributed by atoms with Crippen molar-refractivity contribution in [2.24, 2.45) is 0 Å². The van der Waals surface area contributed by atoms with Gasteiger partial charge in [-0.2, -0.15) is 0 Å². The van der Waals surface area contributed by atoms with Crippen LogP contribution in [-0.2, 0) is 9.53 Å². The Hall–Kier alpha value is -2.14. The molecule has 0 radical (unpaired) electrons. The predicted molar refractivity (Wildman–Crippen MR) is 67.5 cm³/mol. The van der Waals surface area contributed by atoms with Gasteiger partial charge in [0.15, 0.2) is 0 Å². The quantitative estimate of drug-likeness (QED) is 0.833. The van der Waals surface area contributed by atoms with Crippen LogP contribution in [0.4, 0.5) is 10.5 Å². The topological polar surface area (TPSA) is 46.6 Å². The van der Waals surface area contributed by atoms with Gasteiger partial charge in [-0.25, -0.2) is 9.69 Å². The second-order valence-corrected chi connectivity index (χ2v) is 4.77. The lowest BCUT2D eigenvalue weighted by Crippen LogP contribution is -2.29. The third kappa shape index (κ3) is 1.69. The van der Waals surface area contributed by atoms with Crippen LogP contribution in [0.5, 0.6) is 0 Å². The summed E-state index contributed by atoms with van der Waals surface area (Å²) in [6.07, 6.45) is -1.43. The molecule has 2 amide bonds. The number of rotatable bonds is 2. The summed E-state index contributed by atoms with van der Waals surface area (Å²) in [6.45, 7) is 0. The van der Waals surface area contributed by atoms with E-state index in [9.17, 15) is 9.59 Å². The number of para-hydroxylation sites is 1. The van der Waals surface area contributed by atoms with Crippen molar-refractivity contribution in [3.8, 4) is 0 Å². The van der Waals surface area contributed by atoms with E-state index in [2.05, 4.69) is 0 Å². The van der Waals surface area contributed by atoms with Gasteiger partial charge in [-0.1, -0.05) is 24.3 Å². The molecule has 0 aliphatic carbocycles. The Labute approximate surface area is 107 Å². The minimum Gasteiger partial charge on any atom is -0.430 e. The van der Waals surface area contributed by atoms with E-state index in [1.807, 2.05) is 17.5 Å². The average molecular weight is 259 g/mol. The number of anilines is 1. The minimum atomic E-state index is -0.808. The van der Waals surface area contributed by atoms with Gasteiger partial charge in [-0.05, 0) is 23.6 Å². The number of amides is 2. The molecule has 1 unspecified atom stereocenters. The molecule has 2 aromatic rings. The molecule has 2 heterocycles. The van der Waals surface area contributed by atoms with Crippen LogP contribution in [0.1, 0.15) is 11.0 Å². The molecular weight excluding hydrogens is 250 g/mol. The molecular formula is C13H9NO3S. The number of cyclic esters (lactones) is 1. The number of carbonyl (C=O) groups excluding carboxylic acids is 2. The normalized spacial score (nSPS) is 19.1. The highest BCUT2D eigenvalue weighted by atomic mass is 32.1. The smallest absolute Gasteiger partial charge is 0.422 e. The van der Waals surface area contributed by atoms with Crippen molar-refractivity contribution < 1.29 is 14.3 Å². The summed E-state index contributed by atoms with van der Waals surface area (Å²) < 4.78 is 5.13. The SMILES string of the molecule is O=C1OC(c2cccs2)C(=O)N1c1ccccc1. The Morgan fingerprint density at radius 1 is 1.06 bits per heavy atom. The number of hydrogen-bond donors (Lipinski definition) is 0. The third-order valence-electron chi connectivity index (χ3n) is 2.66. The van der Waals surface area contributed by atoms with Crippen LogP contribution >= 0.6 is 11.3 Å². The van der Waals surface area contributed by atoms with Gasteiger partial charge in [0.1, 0.15) is 0 Å². The third-order valence-corrected chi connectivity index (χ3v) is 3.58. The second kappa shape index (κ2) is 4.27. The first kappa shape index (κ1) is 11.0. The zero-order chi connectivity index (χ0) is 12.5. The molecule has 18 heavy (non-hydrogen) atoms. The summed E-state index contributed by atoms with van der Waals surface area (Å²) in [5, 5.41) is 1.85. The van der Waals surface area contributed by atoms with Crippen molar-refractivity contribution in [3.05, 3.63) is 52.7 Å². The molecule has 1 atom stereocenters. The van der Waals surface area contributed by atoms with Crippen molar-refractivity contribution in [1.82, 2.24) is 0 Å². The number of carbonyl (C=O) groups is 2. The second-order valence-electron chi connectivity index (χ2n) is 3.79. The fourth-order valence-electron chi connectivity index (χ4n) is 1.84. The van der Waals surface area contributed by atoms with E-state index < -0.39 is 12.2 Å². The fraction of sp³-hybridized carbons (Fsp3) is 0.0769. The lowest BCUT2D eigenvalue weighted by Gasteiger charge is -2.10. The molecule has 0 bridgehead atoms. The average Bonchev–Trinajstić information content (AvgIpc) is 2.99. The number of imide groups is 1. The Balaban J connectivity index is 1.95. The maximum atomic E-state index is 12.2. The molecule has 1 saturated heterocycles. The van der Waals surface area contributed by atoms with Gasteiger partial charge in [-0.3, -0.25) is 4.79 Å². The Bertz CT molecular complexity index is 580. The number of benzene rings is 1. The van der Waals surface area contributed by atoms with E-state index in [0.717, 1.165) is 9.78 Å². The van der Waals surface area contributed by atoms with Crippen molar-refractivity contribution in [1.29, 1.82) is 0 Å². The monoisotopic (exact) mass is 259 g/mol. The lowest BCUT2D eigenvalue weighted by atomic mass is 10.2. The van der Waals surface area contributed by atoms with E-state index in [4.69, 9.17) is 4.74 Å². The maximum Gasteiger partial charge on any atom is 0.422 e. The number of nitrogens with zero attached hydrogens (tertiary/aromatic N) is 1. The van der Waals surface area contributed by atoms with Gasteiger partial charge >= 0.3 is 6.09 Å². The lowest BCUT2D eigenvalue weighted by molar-refractivity contribution is -0.122. The van der Waals surface area contributed by atoms with E-state index in [1.165, 1.54) is 11.3 Å². The van der Waals surface area contributed by atoms with Crippen LogP contribution < -0.4 is 4.90 Å². The molecule has 0 spiro atoms. The summed E-state index contributed by atoms with van der Waals surface area (Å²) >= 11 is 1.40. The summed E-state index contributed by atoms with van der Waals surface area (Å²) in [6, 6.07) is 12.4. The molecule has 1 aromatic heterocycles. The maximum absolute atomic E-state index is 12.2. The Morgan fingerprint density at radius 2 is 1.83 bits per heavy atom. The molecule has 1 fully saturated rings. The summed E-state index contributed by atoms with van der Waals surface area (Å²) in [5.41, 5.74) is 0.534. The van der Waals surface area contributed by atoms with E-state index in [-0.39, 0.29) is 5.91 Å². The first-order chi connectivity index (χ1) is 8.77. The predicted octanol–water partition coefficient (Wildman–Crippen LogP) is 2.97. The van der Waals surface area contributed by atoms with Crippen molar-refractivity contribution in [3.63, 3.8) is 0 Å². The largest absolute Gasteiger partial charge is 0.430 e. The van der Waals surface area contributed by atoms with Gasteiger partial charge in [0, 0.05) is 0 Å². The van der Waals surface area contributed by atoms with Gasteiger partial charge < -0.3 is 4.74 Å². The molecule has 1 aliphatic heterocycles. The van der Waals surface area contributed by atoms with Gasteiger partial charge in [0.25, 0.3) is 5.91 Å².